The van der Waals surface area contributed by atoms with Crippen molar-refractivity contribution in [3.63, 3.8) is 0 Å². The number of halogens is 1. The summed E-state index contributed by atoms with van der Waals surface area (Å²) >= 11 is 5.99. The number of aromatic amines is 1. The smallest absolute Gasteiger partial charge is 0.242 e. The van der Waals surface area contributed by atoms with Crippen molar-refractivity contribution in [3.05, 3.63) is 64.3 Å². The number of nitrogens with one attached hydrogen (secondary N) is 2. The van der Waals surface area contributed by atoms with E-state index in [1.54, 1.807) is 4.90 Å². The molecule has 0 radical (unpaired) electrons. The van der Waals surface area contributed by atoms with Crippen LogP contribution in [0.15, 0.2) is 42.5 Å². The zero-order valence-corrected chi connectivity index (χ0v) is 17.3. The monoisotopic (exact) mass is 440 g/mol. The number of carbonyl (C=O) groups excluding carboxylic acids is 2. The third-order valence-corrected chi connectivity index (χ3v) is 5.55. The average molecular weight is 441 g/mol. The van der Waals surface area contributed by atoms with Crippen LogP contribution in [0.3, 0.4) is 0 Å². The van der Waals surface area contributed by atoms with E-state index in [0.717, 1.165) is 22.9 Å². The summed E-state index contributed by atoms with van der Waals surface area (Å²) in [4.78, 5) is 26.5. The molecule has 0 atom stereocenters. The molecular formula is C22H21ClN4O4. The summed E-state index contributed by atoms with van der Waals surface area (Å²) in [5.41, 5.74) is 3.36. The largest absolute Gasteiger partial charge is 0.507 e. The highest BCUT2D eigenvalue weighted by Crippen LogP contribution is 2.39. The van der Waals surface area contributed by atoms with Crippen molar-refractivity contribution in [1.29, 1.82) is 0 Å². The Bertz CT molecular complexity index is 1130. The van der Waals surface area contributed by atoms with E-state index in [1.165, 1.54) is 6.07 Å². The number of hydrogen-bond donors (Lipinski definition) is 4. The van der Waals surface area contributed by atoms with Gasteiger partial charge >= 0.3 is 0 Å². The van der Waals surface area contributed by atoms with Crippen molar-refractivity contribution in [2.75, 3.05) is 13.1 Å². The molecule has 0 fully saturated rings. The van der Waals surface area contributed by atoms with E-state index in [0.29, 0.717) is 24.2 Å². The van der Waals surface area contributed by atoms with Crippen molar-refractivity contribution < 1.29 is 19.8 Å². The van der Waals surface area contributed by atoms with Gasteiger partial charge in [0.05, 0.1) is 18.0 Å². The van der Waals surface area contributed by atoms with Gasteiger partial charge in [0.25, 0.3) is 0 Å². The van der Waals surface area contributed by atoms with Gasteiger partial charge in [-0.3, -0.25) is 14.7 Å². The highest BCUT2D eigenvalue weighted by Gasteiger charge is 2.27. The van der Waals surface area contributed by atoms with Gasteiger partial charge in [-0.05, 0) is 11.6 Å². The fraction of sp³-hybridized carbons (Fsp3) is 0.227. The summed E-state index contributed by atoms with van der Waals surface area (Å²) < 4.78 is 0. The van der Waals surface area contributed by atoms with Gasteiger partial charge in [-0.2, -0.15) is 5.10 Å². The van der Waals surface area contributed by atoms with E-state index >= 15 is 0 Å². The third-order valence-electron chi connectivity index (χ3n) is 5.25. The van der Waals surface area contributed by atoms with E-state index in [9.17, 15) is 19.8 Å². The van der Waals surface area contributed by atoms with Crippen molar-refractivity contribution in [1.82, 2.24) is 20.4 Å². The Morgan fingerprint density at radius 1 is 1.16 bits per heavy atom. The fourth-order valence-corrected chi connectivity index (χ4v) is 3.76. The van der Waals surface area contributed by atoms with Crippen molar-refractivity contribution in [2.45, 2.75) is 19.4 Å². The van der Waals surface area contributed by atoms with Crippen LogP contribution in [-0.4, -0.2) is 50.2 Å². The van der Waals surface area contributed by atoms with E-state index in [4.69, 9.17) is 11.6 Å². The molecule has 0 saturated carbocycles. The molecule has 8 nitrogen and oxygen atoms in total. The van der Waals surface area contributed by atoms with E-state index in [1.807, 2.05) is 30.3 Å². The van der Waals surface area contributed by atoms with Crippen LogP contribution in [0.1, 0.15) is 16.8 Å². The van der Waals surface area contributed by atoms with Gasteiger partial charge in [0.2, 0.25) is 11.8 Å². The second-order valence-corrected chi connectivity index (χ2v) is 7.76. The van der Waals surface area contributed by atoms with Crippen molar-refractivity contribution >= 4 is 23.4 Å². The van der Waals surface area contributed by atoms with Crippen LogP contribution in [0.2, 0.25) is 5.02 Å². The molecule has 9 heteroatoms. The second-order valence-electron chi connectivity index (χ2n) is 7.35. The number of nitrogens with zero attached hydrogens (tertiary/aromatic N) is 2. The number of carbonyl (C=O) groups is 2. The van der Waals surface area contributed by atoms with Gasteiger partial charge in [-0.25, -0.2) is 0 Å². The van der Waals surface area contributed by atoms with Crippen LogP contribution in [0, 0.1) is 0 Å². The van der Waals surface area contributed by atoms with Crippen molar-refractivity contribution in [3.8, 4) is 22.8 Å². The first kappa shape index (κ1) is 20.7. The highest BCUT2D eigenvalue weighted by molar-refractivity contribution is 6.32. The predicted octanol–water partition coefficient (Wildman–Crippen LogP) is 2.38. The summed E-state index contributed by atoms with van der Waals surface area (Å²) in [6.07, 6.45) is 0.781. The molecule has 3 aromatic rings. The Hall–Kier alpha value is -3.52. The number of aromatic nitrogens is 2. The summed E-state index contributed by atoms with van der Waals surface area (Å²) in [5, 5.41) is 29.9. The molecule has 4 rings (SSSR count). The van der Waals surface area contributed by atoms with Crippen molar-refractivity contribution in [2.24, 2.45) is 0 Å². The number of phenolic OH excluding ortho intramolecular Hbond substituents is 2. The molecule has 2 heterocycles. The summed E-state index contributed by atoms with van der Waals surface area (Å²) in [6, 6.07) is 11.9. The SMILES string of the molecule is O=C(Cc1ccccc1)NCC(=O)N1CCc2[nH]nc(-c3cc(Cl)c(O)cc3O)c2C1. The molecule has 1 aliphatic rings. The topological polar surface area (TPSA) is 119 Å². The van der Waals surface area contributed by atoms with Gasteiger partial charge in [-0.1, -0.05) is 41.9 Å². The molecule has 160 valence electrons. The van der Waals surface area contributed by atoms with Crippen LogP contribution < -0.4 is 5.32 Å². The molecule has 2 amide bonds. The minimum Gasteiger partial charge on any atom is -0.507 e. The molecule has 31 heavy (non-hydrogen) atoms. The maximum absolute atomic E-state index is 12.7. The minimum atomic E-state index is -0.227. The summed E-state index contributed by atoms with van der Waals surface area (Å²) in [5.74, 6) is -0.805. The zero-order chi connectivity index (χ0) is 22.0. The van der Waals surface area contributed by atoms with E-state index in [2.05, 4.69) is 15.5 Å². The molecule has 0 saturated heterocycles. The van der Waals surface area contributed by atoms with Gasteiger partial charge < -0.3 is 20.4 Å². The number of H-pyrrole nitrogens is 1. The Kier molecular flexibility index (Phi) is 5.81. The third kappa shape index (κ3) is 4.49. The quantitative estimate of drug-likeness (QED) is 0.485. The van der Waals surface area contributed by atoms with Crippen LogP contribution in [-0.2, 0) is 29.0 Å². The summed E-state index contributed by atoms with van der Waals surface area (Å²) in [6.45, 7) is 0.682. The normalized spacial score (nSPS) is 13.0. The molecule has 2 aromatic carbocycles. The van der Waals surface area contributed by atoms with Crippen LogP contribution >= 0.6 is 11.6 Å². The summed E-state index contributed by atoms with van der Waals surface area (Å²) in [7, 11) is 0. The molecule has 1 aliphatic heterocycles. The van der Waals surface area contributed by atoms with Crippen LogP contribution in [0.5, 0.6) is 11.5 Å². The number of phenols is 2. The zero-order valence-electron chi connectivity index (χ0n) is 16.6. The Morgan fingerprint density at radius 2 is 1.94 bits per heavy atom. The lowest BCUT2D eigenvalue weighted by Gasteiger charge is -2.27. The number of amides is 2. The minimum absolute atomic E-state index is 0.0921. The molecule has 0 aliphatic carbocycles. The molecular weight excluding hydrogens is 420 g/mol. The fourth-order valence-electron chi connectivity index (χ4n) is 3.60. The molecule has 0 spiro atoms. The number of fused-ring (bicyclic) bond motifs is 1. The first-order valence-electron chi connectivity index (χ1n) is 9.78. The number of rotatable bonds is 5. The van der Waals surface area contributed by atoms with E-state index < -0.39 is 0 Å². The van der Waals surface area contributed by atoms with E-state index in [-0.39, 0.29) is 47.8 Å². The Balaban J connectivity index is 1.43. The van der Waals surface area contributed by atoms with Gasteiger partial charge in [0.1, 0.15) is 17.2 Å². The predicted molar refractivity (Wildman–Crippen MR) is 115 cm³/mol. The second kappa shape index (κ2) is 8.69. The molecule has 0 unspecified atom stereocenters. The lowest BCUT2D eigenvalue weighted by molar-refractivity contribution is -0.133. The lowest BCUT2D eigenvalue weighted by Crippen LogP contribution is -2.42. The lowest BCUT2D eigenvalue weighted by atomic mass is 10.00. The van der Waals surface area contributed by atoms with Crippen LogP contribution in [0.4, 0.5) is 0 Å². The Morgan fingerprint density at radius 3 is 2.71 bits per heavy atom. The number of hydrogen-bond acceptors (Lipinski definition) is 5. The molecule has 4 N–H and O–H groups in total. The number of benzene rings is 2. The van der Waals surface area contributed by atoms with Gasteiger partial charge in [-0.15, -0.1) is 0 Å². The standard InChI is InChI=1S/C22H21ClN4O4/c23-16-9-14(18(28)10-19(16)29)22-15-12-27(7-6-17(15)25-26-22)21(31)11-24-20(30)8-13-4-2-1-3-5-13/h1-5,9-10,28-29H,6-8,11-12H2,(H,24,30)(H,25,26). The number of aromatic hydroxyl groups is 2. The molecule has 1 aromatic heterocycles. The van der Waals surface area contributed by atoms with Gasteiger partial charge in [0, 0.05) is 42.4 Å². The highest BCUT2D eigenvalue weighted by atomic mass is 35.5. The Labute approximate surface area is 183 Å². The van der Waals surface area contributed by atoms with Crippen LogP contribution in [0.25, 0.3) is 11.3 Å². The van der Waals surface area contributed by atoms with Gasteiger partial charge in [0.15, 0.2) is 0 Å². The average Bonchev–Trinajstić information content (AvgIpc) is 3.18. The molecule has 0 bridgehead atoms. The maximum Gasteiger partial charge on any atom is 0.242 e. The first-order chi connectivity index (χ1) is 14.9. The first-order valence-corrected chi connectivity index (χ1v) is 10.2. The maximum atomic E-state index is 12.7.